The molecule has 0 saturated carbocycles. The lowest BCUT2D eigenvalue weighted by atomic mass is 10.2. The molecule has 0 aliphatic carbocycles. The van der Waals surface area contributed by atoms with Crippen LogP contribution >= 0.6 is 0 Å². The van der Waals surface area contributed by atoms with E-state index in [1.165, 1.54) is 6.92 Å². The Balaban J connectivity index is 4.07. The molecule has 1 unspecified atom stereocenters. The van der Waals surface area contributed by atoms with Gasteiger partial charge in [-0.2, -0.15) is 0 Å². The fourth-order valence-electron chi connectivity index (χ4n) is 0.801. The van der Waals surface area contributed by atoms with Crippen molar-refractivity contribution in [1.29, 1.82) is 0 Å². The number of carboxylic acids is 1. The van der Waals surface area contributed by atoms with E-state index in [9.17, 15) is 9.59 Å². The van der Waals surface area contributed by atoms with Crippen molar-refractivity contribution >= 4 is 11.9 Å². The lowest BCUT2D eigenvalue weighted by Gasteiger charge is -2.11. The number of hydrogen-bond donors (Lipinski definition) is 1. The molecule has 1 atom stereocenters. The quantitative estimate of drug-likeness (QED) is 0.518. The van der Waals surface area contributed by atoms with Crippen LogP contribution < -0.4 is 0 Å². The van der Waals surface area contributed by atoms with Crippen molar-refractivity contribution in [3.05, 3.63) is 0 Å². The first-order valence-electron chi connectivity index (χ1n) is 3.85. The number of carbonyl (C=O) groups is 2. The summed E-state index contributed by atoms with van der Waals surface area (Å²) in [5.41, 5.74) is 0. The third kappa shape index (κ3) is 6.88. The van der Waals surface area contributed by atoms with Gasteiger partial charge in [0, 0.05) is 13.3 Å². The largest absolute Gasteiger partial charge is 0.481 e. The van der Waals surface area contributed by atoms with Gasteiger partial charge in [-0.05, 0) is 6.92 Å². The molecule has 1 N–H and O–H groups in total. The molecule has 0 aromatic heterocycles. The summed E-state index contributed by atoms with van der Waals surface area (Å²) in [4.78, 5) is 20.9. The van der Waals surface area contributed by atoms with Gasteiger partial charge in [-0.3, -0.25) is 9.59 Å². The van der Waals surface area contributed by atoms with Crippen LogP contribution in [0.25, 0.3) is 0 Å². The molecule has 0 saturated heterocycles. The van der Waals surface area contributed by atoms with Gasteiger partial charge < -0.3 is 9.84 Å². The molecule has 0 aromatic rings. The number of esters is 1. The first-order valence-corrected chi connectivity index (χ1v) is 3.85. The van der Waals surface area contributed by atoms with Gasteiger partial charge in [-0.25, -0.2) is 0 Å². The van der Waals surface area contributed by atoms with Crippen molar-refractivity contribution in [2.45, 2.75) is 32.8 Å². The van der Waals surface area contributed by atoms with E-state index in [1.807, 2.05) is 0 Å². The highest BCUT2D eigenvalue weighted by atomic mass is 16.5. The Hall–Kier alpha value is -1.50. The van der Waals surface area contributed by atoms with Crippen molar-refractivity contribution in [3.8, 4) is 11.8 Å². The molecule has 0 bridgehead atoms. The second-order valence-electron chi connectivity index (χ2n) is 2.46. The predicted octanol–water partition coefficient (Wildman–Crippen LogP) is 0.806. The van der Waals surface area contributed by atoms with E-state index >= 15 is 0 Å². The third-order valence-corrected chi connectivity index (χ3v) is 1.24. The van der Waals surface area contributed by atoms with Crippen LogP contribution in [0.5, 0.6) is 0 Å². The van der Waals surface area contributed by atoms with Crippen LogP contribution in [-0.4, -0.2) is 23.1 Å². The molecular formula is C9H12O4. The number of hydrogen-bond acceptors (Lipinski definition) is 3. The van der Waals surface area contributed by atoms with Gasteiger partial charge in [0.25, 0.3) is 0 Å². The number of rotatable bonds is 4. The van der Waals surface area contributed by atoms with E-state index in [0.717, 1.165) is 0 Å². The van der Waals surface area contributed by atoms with Crippen molar-refractivity contribution in [1.82, 2.24) is 0 Å². The molecule has 4 nitrogen and oxygen atoms in total. The monoisotopic (exact) mass is 184 g/mol. The molecule has 4 heteroatoms. The van der Waals surface area contributed by atoms with Gasteiger partial charge in [0.05, 0.1) is 6.42 Å². The maximum absolute atomic E-state index is 10.5. The molecule has 0 heterocycles. The Morgan fingerprint density at radius 1 is 1.54 bits per heavy atom. The lowest BCUT2D eigenvalue weighted by molar-refractivity contribution is -0.150. The smallest absolute Gasteiger partial charge is 0.307 e. The van der Waals surface area contributed by atoms with Crippen molar-refractivity contribution in [3.63, 3.8) is 0 Å². The van der Waals surface area contributed by atoms with Crippen LogP contribution in [0.2, 0.25) is 0 Å². The standard InChI is InChI=1S/C9H12O4/c1-3-4-5-8(6-9(11)12)13-7(2)10/h8H,5-6H2,1-2H3,(H,11,12). The summed E-state index contributed by atoms with van der Waals surface area (Å²) in [6.45, 7) is 2.89. The van der Waals surface area contributed by atoms with Crippen molar-refractivity contribution in [2.24, 2.45) is 0 Å². The van der Waals surface area contributed by atoms with Crippen LogP contribution in [0.1, 0.15) is 26.7 Å². The maximum atomic E-state index is 10.5. The zero-order valence-corrected chi connectivity index (χ0v) is 7.66. The van der Waals surface area contributed by atoms with Crippen LogP contribution in [-0.2, 0) is 14.3 Å². The van der Waals surface area contributed by atoms with E-state index in [2.05, 4.69) is 11.8 Å². The maximum Gasteiger partial charge on any atom is 0.307 e. The number of carboxylic acid groups (broad SMARTS) is 1. The highest BCUT2D eigenvalue weighted by molar-refractivity contribution is 5.69. The minimum atomic E-state index is -0.996. The summed E-state index contributed by atoms with van der Waals surface area (Å²) in [6.07, 6.45) is -0.571. The highest BCUT2D eigenvalue weighted by Gasteiger charge is 2.14. The van der Waals surface area contributed by atoms with E-state index < -0.39 is 18.0 Å². The van der Waals surface area contributed by atoms with Crippen molar-refractivity contribution in [2.75, 3.05) is 0 Å². The van der Waals surface area contributed by atoms with Crippen LogP contribution in [0.4, 0.5) is 0 Å². The molecule has 0 aliphatic heterocycles. The second-order valence-corrected chi connectivity index (χ2v) is 2.46. The number of ether oxygens (including phenoxy) is 1. The summed E-state index contributed by atoms with van der Waals surface area (Å²) >= 11 is 0. The number of aliphatic carboxylic acids is 1. The summed E-state index contributed by atoms with van der Waals surface area (Å²) in [6, 6.07) is 0. The van der Waals surface area contributed by atoms with E-state index in [4.69, 9.17) is 9.84 Å². The average Bonchev–Trinajstić information content (AvgIpc) is 1.98. The molecule has 0 radical (unpaired) electrons. The minimum Gasteiger partial charge on any atom is -0.481 e. The van der Waals surface area contributed by atoms with Crippen LogP contribution in [0.3, 0.4) is 0 Å². The normalized spacial score (nSPS) is 10.9. The Bertz CT molecular complexity index is 230. The van der Waals surface area contributed by atoms with E-state index in [-0.39, 0.29) is 12.8 Å². The first kappa shape index (κ1) is 11.5. The molecular weight excluding hydrogens is 172 g/mol. The summed E-state index contributed by atoms with van der Waals surface area (Å²) in [5, 5.41) is 8.46. The minimum absolute atomic E-state index is 0.200. The lowest BCUT2D eigenvalue weighted by Crippen LogP contribution is -2.19. The first-order chi connectivity index (χ1) is 6.06. The van der Waals surface area contributed by atoms with Crippen LogP contribution in [0.15, 0.2) is 0 Å². The fourth-order valence-corrected chi connectivity index (χ4v) is 0.801. The Labute approximate surface area is 76.9 Å². The van der Waals surface area contributed by atoms with Crippen LogP contribution in [0, 0.1) is 11.8 Å². The summed E-state index contributed by atoms with van der Waals surface area (Å²) in [5.74, 6) is 3.80. The van der Waals surface area contributed by atoms with Gasteiger partial charge in [0.15, 0.2) is 0 Å². The van der Waals surface area contributed by atoms with E-state index in [1.54, 1.807) is 6.92 Å². The molecule has 0 fully saturated rings. The molecule has 0 aromatic carbocycles. The Morgan fingerprint density at radius 2 is 2.15 bits per heavy atom. The molecule has 0 spiro atoms. The second kappa shape index (κ2) is 6.06. The Kier molecular flexibility index (Phi) is 5.37. The van der Waals surface area contributed by atoms with Gasteiger partial charge in [0.2, 0.25) is 0 Å². The SMILES string of the molecule is CC#CCC(CC(=O)O)OC(C)=O. The number of carbonyl (C=O) groups excluding carboxylic acids is 1. The fraction of sp³-hybridized carbons (Fsp3) is 0.556. The molecule has 0 amide bonds. The highest BCUT2D eigenvalue weighted by Crippen LogP contribution is 2.03. The van der Waals surface area contributed by atoms with Gasteiger partial charge in [0.1, 0.15) is 6.10 Å². The van der Waals surface area contributed by atoms with Gasteiger partial charge >= 0.3 is 11.9 Å². The Morgan fingerprint density at radius 3 is 2.54 bits per heavy atom. The summed E-state index contributed by atoms with van der Waals surface area (Å²) in [7, 11) is 0. The van der Waals surface area contributed by atoms with E-state index in [0.29, 0.717) is 0 Å². The zero-order chi connectivity index (χ0) is 10.3. The topological polar surface area (TPSA) is 63.6 Å². The van der Waals surface area contributed by atoms with Gasteiger partial charge in [-0.15, -0.1) is 5.92 Å². The molecule has 0 aliphatic rings. The van der Waals surface area contributed by atoms with Crippen molar-refractivity contribution < 1.29 is 19.4 Å². The molecule has 0 rings (SSSR count). The molecule has 72 valence electrons. The summed E-state index contributed by atoms with van der Waals surface area (Å²) < 4.78 is 4.74. The average molecular weight is 184 g/mol. The zero-order valence-electron chi connectivity index (χ0n) is 7.66. The third-order valence-electron chi connectivity index (χ3n) is 1.24. The predicted molar refractivity (Wildman–Crippen MR) is 45.9 cm³/mol. The molecule has 13 heavy (non-hydrogen) atoms. The van der Waals surface area contributed by atoms with Gasteiger partial charge in [-0.1, -0.05) is 5.92 Å².